The van der Waals surface area contributed by atoms with Crippen LogP contribution in [0.1, 0.15) is 12.0 Å². The van der Waals surface area contributed by atoms with Gasteiger partial charge in [-0.2, -0.15) is 11.8 Å². The standard InChI is InChI=1S/C13H20N2S/c1-15(13-7-9-16-10-13)12-4-2-11(3-5-12)6-8-14/h2-5,13H,6-10,14H2,1H3. The molecule has 0 bridgehead atoms. The summed E-state index contributed by atoms with van der Waals surface area (Å²) >= 11 is 2.06. The quantitative estimate of drug-likeness (QED) is 0.868. The van der Waals surface area contributed by atoms with Gasteiger partial charge in [-0.05, 0) is 42.8 Å². The fourth-order valence-electron chi connectivity index (χ4n) is 2.10. The average molecular weight is 236 g/mol. The Labute approximate surface area is 102 Å². The van der Waals surface area contributed by atoms with E-state index in [1.54, 1.807) is 0 Å². The molecule has 0 radical (unpaired) electrons. The monoisotopic (exact) mass is 236 g/mol. The first-order valence-corrected chi connectivity index (χ1v) is 7.06. The largest absolute Gasteiger partial charge is 0.371 e. The van der Waals surface area contributed by atoms with E-state index in [1.807, 2.05) is 0 Å². The molecule has 1 aromatic rings. The maximum atomic E-state index is 5.54. The van der Waals surface area contributed by atoms with Crippen LogP contribution < -0.4 is 10.6 Å². The summed E-state index contributed by atoms with van der Waals surface area (Å²) in [6.45, 7) is 0.731. The lowest BCUT2D eigenvalue weighted by molar-refractivity contribution is 0.700. The van der Waals surface area contributed by atoms with Gasteiger partial charge in [0.15, 0.2) is 0 Å². The summed E-state index contributed by atoms with van der Waals surface area (Å²) < 4.78 is 0. The second kappa shape index (κ2) is 5.60. The molecule has 0 spiro atoms. The van der Waals surface area contributed by atoms with E-state index >= 15 is 0 Å². The lowest BCUT2D eigenvalue weighted by atomic mass is 10.1. The van der Waals surface area contributed by atoms with Crippen molar-refractivity contribution in [1.82, 2.24) is 0 Å². The molecule has 0 amide bonds. The molecule has 1 atom stereocenters. The summed E-state index contributed by atoms with van der Waals surface area (Å²) in [5, 5.41) is 0. The minimum absolute atomic E-state index is 0.713. The molecular formula is C13H20N2S. The Morgan fingerprint density at radius 3 is 2.69 bits per heavy atom. The third kappa shape index (κ3) is 2.71. The first-order valence-electron chi connectivity index (χ1n) is 5.91. The minimum Gasteiger partial charge on any atom is -0.371 e. The minimum atomic E-state index is 0.713. The fraction of sp³-hybridized carbons (Fsp3) is 0.538. The summed E-state index contributed by atoms with van der Waals surface area (Å²) in [6, 6.07) is 9.54. The van der Waals surface area contributed by atoms with Crippen molar-refractivity contribution < 1.29 is 0 Å². The summed E-state index contributed by atoms with van der Waals surface area (Å²) in [4.78, 5) is 2.41. The van der Waals surface area contributed by atoms with Crippen LogP contribution in [-0.2, 0) is 6.42 Å². The van der Waals surface area contributed by atoms with Gasteiger partial charge in [-0.25, -0.2) is 0 Å². The zero-order valence-electron chi connectivity index (χ0n) is 9.86. The average Bonchev–Trinajstić information content (AvgIpc) is 2.83. The molecule has 2 rings (SSSR count). The molecule has 0 saturated carbocycles. The highest BCUT2D eigenvalue weighted by atomic mass is 32.2. The topological polar surface area (TPSA) is 29.3 Å². The van der Waals surface area contributed by atoms with Crippen molar-refractivity contribution in [2.75, 3.05) is 30.0 Å². The summed E-state index contributed by atoms with van der Waals surface area (Å²) in [5.41, 5.74) is 8.21. The Bertz CT molecular complexity index is 317. The lowest BCUT2D eigenvalue weighted by Gasteiger charge is -2.26. The summed E-state index contributed by atoms with van der Waals surface area (Å²) in [6.07, 6.45) is 2.29. The number of nitrogens with two attached hydrogens (primary N) is 1. The highest BCUT2D eigenvalue weighted by molar-refractivity contribution is 7.99. The molecule has 88 valence electrons. The highest BCUT2D eigenvalue weighted by Gasteiger charge is 2.19. The maximum Gasteiger partial charge on any atom is 0.0385 e. The number of hydrogen-bond acceptors (Lipinski definition) is 3. The van der Waals surface area contributed by atoms with Crippen molar-refractivity contribution in [3.63, 3.8) is 0 Å². The lowest BCUT2D eigenvalue weighted by Crippen LogP contribution is -2.31. The van der Waals surface area contributed by atoms with E-state index in [0.717, 1.165) is 13.0 Å². The molecule has 1 saturated heterocycles. The number of anilines is 1. The third-order valence-corrected chi connectivity index (χ3v) is 4.37. The molecule has 3 heteroatoms. The van der Waals surface area contributed by atoms with Crippen molar-refractivity contribution >= 4 is 17.4 Å². The molecule has 16 heavy (non-hydrogen) atoms. The van der Waals surface area contributed by atoms with E-state index in [4.69, 9.17) is 5.73 Å². The van der Waals surface area contributed by atoms with E-state index < -0.39 is 0 Å². The van der Waals surface area contributed by atoms with Crippen molar-refractivity contribution in [2.24, 2.45) is 5.73 Å². The number of benzene rings is 1. The summed E-state index contributed by atoms with van der Waals surface area (Å²) in [7, 11) is 2.20. The molecule has 1 heterocycles. The first-order chi connectivity index (χ1) is 7.81. The zero-order chi connectivity index (χ0) is 11.4. The molecule has 2 N–H and O–H groups in total. The van der Waals surface area contributed by atoms with Gasteiger partial charge in [0.05, 0.1) is 0 Å². The van der Waals surface area contributed by atoms with Crippen molar-refractivity contribution in [3.8, 4) is 0 Å². The second-order valence-corrected chi connectivity index (χ2v) is 5.48. The molecule has 0 aliphatic carbocycles. The zero-order valence-corrected chi connectivity index (χ0v) is 10.7. The predicted octanol–water partition coefficient (Wildman–Crippen LogP) is 2.13. The van der Waals surface area contributed by atoms with Gasteiger partial charge in [-0.3, -0.25) is 0 Å². The van der Waals surface area contributed by atoms with Crippen LogP contribution in [0.4, 0.5) is 5.69 Å². The van der Waals surface area contributed by atoms with E-state index in [0.29, 0.717) is 6.04 Å². The molecule has 1 aromatic carbocycles. The highest BCUT2D eigenvalue weighted by Crippen LogP contribution is 2.25. The van der Waals surface area contributed by atoms with Crippen molar-refractivity contribution in [3.05, 3.63) is 29.8 Å². The van der Waals surface area contributed by atoms with Crippen molar-refractivity contribution in [2.45, 2.75) is 18.9 Å². The van der Waals surface area contributed by atoms with Crippen LogP contribution in [0.2, 0.25) is 0 Å². The van der Waals surface area contributed by atoms with Gasteiger partial charge >= 0.3 is 0 Å². The molecule has 1 fully saturated rings. The predicted molar refractivity (Wildman–Crippen MR) is 73.3 cm³/mol. The Morgan fingerprint density at radius 1 is 1.38 bits per heavy atom. The third-order valence-electron chi connectivity index (χ3n) is 3.23. The van der Waals surface area contributed by atoms with Crippen molar-refractivity contribution in [1.29, 1.82) is 0 Å². The van der Waals surface area contributed by atoms with Gasteiger partial charge < -0.3 is 10.6 Å². The molecule has 2 nitrogen and oxygen atoms in total. The van der Waals surface area contributed by atoms with E-state index in [9.17, 15) is 0 Å². The van der Waals surface area contributed by atoms with E-state index in [2.05, 4.69) is 48.0 Å². The van der Waals surface area contributed by atoms with Crippen LogP contribution >= 0.6 is 11.8 Å². The molecule has 0 aromatic heterocycles. The second-order valence-electron chi connectivity index (χ2n) is 4.33. The van der Waals surface area contributed by atoms with Crippen LogP contribution in [0.15, 0.2) is 24.3 Å². The van der Waals surface area contributed by atoms with Crippen LogP contribution in [-0.4, -0.2) is 31.1 Å². The Hall–Kier alpha value is -0.670. The summed E-state index contributed by atoms with van der Waals surface area (Å²) in [5.74, 6) is 2.57. The maximum absolute atomic E-state index is 5.54. The van der Waals surface area contributed by atoms with Crippen LogP contribution in [0.5, 0.6) is 0 Å². The van der Waals surface area contributed by atoms with Gasteiger partial charge in [-0.15, -0.1) is 0 Å². The van der Waals surface area contributed by atoms with Crippen LogP contribution in [0.3, 0.4) is 0 Å². The molecular weight excluding hydrogens is 216 g/mol. The SMILES string of the molecule is CN(c1ccc(CCN)cc1)C1CCSC1. The Balaban J connectivity index is 2.02. The Morgan fingerprint density at radius 2 is 2.12 bits per heavy atom. The number of nitrogens with zero attached hydrogens (tertiary/aromatic N) is 1. The van der Waals surface area contributed by atoms with Gasteiger partial charge in [0.1, 0.15) is 0 Å². The number of thioether (sulfide) groups is 1. The van der Waals surface area contributed by atoms with Gasteiger partial charge in [-0.1, -0.05) is 12.1 Å². The van der Waals surface area contributed by atoms with Gasteiger partial charge in [0.2, 0.25) is 0 Å². The van der Waals surface area contributed by atoms with Crippen LogP contribution in [0, 0.1) is 0 Å². The van der Waals surface area contributed by atoms with Gasteiger partial charge in [0, 0.05) is 24.5 Å². The first kappa shape index (κ1) is 11.8. The fourth-order valence-corrected chi connectivity index (χ4v) is 3.37. The van der Waals surface area contributed by atoms with E-state index in [-0.39, 0.29) is 0 Å². The molecule has 1 aliphatic rings. The molecule has 1 aliphatic heterocycles. The van der Waals surface area contributed by atoms with E-state index in [1.165, 1.54) is 29.2 Å². The molecule has 1 unspecified atom stereocenters. The number of hydrogen-bond donors (Lipinski definition) is 1. The van der Waals surface area contributed by atoms with Gasteiger partial charge in [0.25, 0.3) is 0 Å². The Kier molecular flexibility index (Phi) is 4.13. The van der Waals surface area contributed by atoms with Crippen LogP contribution in [0.25, 0.3) is 0 Å². The smallest absolute Gasteiger partial charge is 0.0385 e. The normalized spacial score (nSPS) is 20.0. The number of rotatable bonds is 4.